The van der Waals surface area contributed by atoms with E-state index in [-0.39, 0.29) is 17.2 Å². The minimum atomic E-state index is -0.112. The van der Waals surface area contributed by atoms with Crippen LogP contribution in [0.25, 0.3) is 11.5 Å². The molecular formula is C23H27N5O3. The zero-order valence-corrected chi connectivity index (χ0v) is 18.2. The summed E-state index contributed by atoms with van der Waals surface area (Å²) in [5, 5.41) is 13.1. The second-order valence-corrected chi connectivity index (χ2v) is 8.82. The Bertz CT molecular complexity index is 1090. The largest absolute Gasteiger partial charge is 0.420 e. The second kappa shape index (κ2) is 7.60. The van der Waals surface area contributed by atoms with Gasteiger partial charge < -0.3 is 14.1 Å². The zero-order valence-electron chi connectivity index (χ0n) is 18.2. The van der Waals surface area contributed by atoms with Crippen molar-refractivity contribution >= 4 is 5.91 Å². The van der Waals surface area contributed by atoms with Crippen LogP contribution in [0.3, 0.4) is 0 Å². The van der Waals surface area contributed by atoms with Gasteiger partial charge in [-0.05, 0) is 44.9 Å². The van der Waals surface area contributed by atoms with Crippen molar-refractivity contribution in [2.24, 2.45) is 12.5 Å². The highest BCUT2D eigenvalue weighted by Gasteiger charge is 2.51. The molecule has 0 bridgehead atoms. The Morgan fingerprint density at radius 1 is 1.13 bits per heavy atom. The zero-order chi connectivity index (χ0) is 21.6. The van der Waals surface area contributed by atoms with E-state index in [2.05, 4.69) is 15.3 Å². The first-order valence-electron chi connectivity index (χ1n) is 10.7. The molecule has 4 heterocycles. The smallest absolute Gasteiger partial charge is 0.272 e. The molecule has 0 N–H and O–H groups in total. The van der Waals surface area contributed by atoms with Gasteiger partial charge >= 0.3 is 0 Å². The van der Waals surface area contributed by atoms with Crippen LogP contribution < -0.4 is 0 Å². The van der Waals surface area contributed by atoms with E-state index in [1.807, 2.05) is 56.1 Å². The van der Waals surface area contributed by atoms with Crippen LogP contribution >= 0.6 is 0 Å². The Labute approximate surface area is 181 Å². The summed E-state index contributed by atoms with van der Waals surface area (Å²) < 4.78 is 13.5. The molecule has 3 aromatic rings. The summed E-state index contributed by atoms with van der Waals surface area (Å²) >= 11 is 0. The summed E-state index contributed by atoms with van der Waals surface area (Å²) in [6.45, 7) is 6.52. The number of hydrogen-bond donors (Lipinski definition) is 0. The lowest BCUT2D eigenvalue weighted by Crippen LogP contribution is -2.37. The van der Waals surface area contributed by atoms with Crippen LogP contribution in [0.4, 0.5) is 0 Å². The van der Waals surface area contributed by atoms with Gasteiger partial charge in [-0.1, -0.05) is 17.7 Å². The van der Waals surface area contributed by atoms with Gasteiger partial charge in [0.05, 0.1) is 11.6 Å². The third-order valence-corrected chi connectivity index (χ3v) is 6.68. The maximum Gasteiger partial charge on any atom is 0.272 e. The van der Waals surface area contributed by atoms with Gasteiger partial charge in [0.2, 0.25) is 11.8 Å². The summed E-state index contributed by atoms with van der Waals surface area (Å²) in [4.78, 5) is 15.2. The molecule has 8 heteroatoms. The fourth-order valence-electron chi connectivity index (χ4n) is 4.91. The average Bonchev–Trinajstić information content (AvgIpc) is 3.46. The van der Waals surface area contributed by atoms with Crippen LogP contribution in [0.15, 0.2) is 34.7 Å². The van der Waals surface area contributed by atoms with E-state index in [9.17, 15) is 4.79 Å². The monoisotopic (exact) mass is 421 g/mol. The lowest BCUT2D eigenvalue weighted by atomic mass is 9.72. The highest BCUT2D eigenvalue weighted by molar-refractivity contribution is 5.93. The Morgan fingerprint density at radius 2 is 1.87 bits per heavy atom. The van der Waals surface area contributed by atoms with E-state index < -0.39 is 0 Å². The molecule has 0 radical (unpaired) electrons. The third-order valence-electron chi connectivity index (χ3n) is 6.68. The predicted molar refractivity (Wildman–Crippen MR) is 114 cm³/mol. The van der Waals surface area contributed by atoms with Crippen molar-refractivity contribution in [3.8, 4) is 11.5 Å². The molecule has 162 valence electrons. The fraction of sp³-hybridized carbons (Fsp3) is 0.478. The van der Waals surface area contributed by atoms with Gasteiger partial charge in [0, 0.05) is 44.3 Å². The van der Waals surface area contributed by atoms with Crippen LogP contribution in [-0.4, -0.2) is 57.1 Å². The topological polar surface area (TPSA) is 86.3 Å². The number of likely N-dealkylation sites (tertiary alicyclic amines) is 1. The fourth-order valence-corrected chi connectivity index (χ4v) is 4.91. The van der Waals surface area contributed by atoms with Crippen LogP contribution in [0, 0.1) is 19.3 Å². The van der Waals surface area contributed by atoms with Crippen molar-refractivity contribution in [2.75, 3.05) is 26.3 Å². The van der Waals surface area contributed by atoms with Crippen LogP contribution in [0.5, 0.6) is 0 Å². The molecule has 1 aromatic carbocycles. The minimum Gasteiger partial charge on any atom is -0.420 e. The van der Waals surface area contributed by atoms with Crippen molar-refractivity contribution in [1.29, 1.82) is 0 Å². The van der Waals surface area contributed by atoms with Crippen molar-refractivity contribution in [1.82, 2.24) is 24.9 Å². The molecule has 1 unspecified atom stereocenters. The summed E-state index contributed by atoms with van der Waals surface area (Å²) in [6, 6.07) is 9.89. The number of hydrogen-bond acceptors (Lipinski definition) is 6. The molecule has 2 aliphatic heterocycles. The Morgan fingerprint density at radius 3 is 2.55 bits per heavy atom. The Hall–Kier alpha value is -3.00. The lowest BCUT2D eigenvalue weighted by Gasteiger charge is -2.36. The quantitative estimate of drug-likeness (QED) is 0.646. The lowest BCUT2D eigenvalue weighted by molar-refractivity contribution is 0.00902. The van der Waals surface area contributed by atoms with Crippen molar-refractivity contribution in [3.63, 3.8) is 0 Å². The number of carbonyl (C=O) groups is 1. The van der Waals surface area contributed by atoms with Gasteiger partial charge in [-0.3, -0.25) is 9.48 Å². The maximum absolute atomic E-state index is 13.3. The van der Waals surface area contributed by atoms with Gasteiger partial charge in [-0.15, -0.1) is 10.2 Å². The Balaban J connectivity index is 1.46. The van der Waals surface area contributed by atoms with Gasteiger partial charge in [0.25, 0.3) is 5.91 Å². The van der Waals surface area contributed by atoms with Crippen LogP contribution in [-0.2, 0) is 11.8 Å². The molecule has 0 saturated carbocycles. The first-order chi connectivity index (χ1) is 14.9. The van der Waals surface area contributed by atoms with Crippen molar-refractivity contribution in [2.45, 2.75) is 32.6 Å². The summed E-state index contributed by atoms with van der Waals surface area (Å²) in [5.74, 6) is 1.11. The first-order valence-corrected chi connectivity index (χ1v) is 10.7. The molecule has 31 heavy (non-hydrogen) atoms. The summed E-state index contributed by atoms with van der Waals surface area (Å²) in [7, 11) is 1.81. The van der Waals surface area contributed by atoms with Gasteiger partial charge in [-0.2, -0.15) is 5.10 Å². The Kier molecular flexibility index (Phi) is 4.89. The molecule has 2 saturated heterocycles. The van der Waals surface area contributed by atoms with Gasteiger partial charge in [0.1, 0.15) is 5.69 Å². The molecule has 2 aromatic heterocycles. The molecule has 1 amide bonds. The highest BCUT2D eigenvalue weighted by atomic mass is 16.5. The van der Waals surface area contributed by atoms with E-state index in [1.165, 1.54) is 5.56 Å². The molecule has 1 atom stereocenters. The molecule has 1 spiro atoms. The number of amides is 1. The standard InChI is InChI=1S/C23H27N5O3/c1-15-4-6-17(7-5-15)20-24-25-21(31-20)18-13-28(14-23(18)8-10-30-11-9-23)22(29)19-12-16(2)26-27(19)3/h4-7,12,18H,8-11,13-14H2,1-3H3. The number of aryl methyl sites for hydroxylation is 3. The number of ether oxygens (including phenoxy) is 1. The minimum absolute atomic E-state index is 0.00487. The molecule has 0 aliphatic carbocycles. The van der Waals surface area contributed by atoms with Crippen LogP contribution in [0.1, 0.15) is 46.4 Å². The number of benzene rings is 1. The van der Waals surface area contributed by atoms with E-state index in [4.69, 9.17) is 9.15 Å². The van der Waals surface area contributed by atoms with Gasteiger partial charge in [-0.25, -0.2) is 0 Å². The average molecular weight is 422 g/mol. The highest BCUT2D eigenvalue weighted by Crippen LogP contribution is 2.49. The molecule has 2 fully saturated rings. The number of carbonyl (C=O) groups excluding carboxylic acids is 1. The van der Waals surface area contributed by atoms with E-state index in [0.29, 0.717) is 43.8 Å². The SMILES string of the molecule is Cc1ccc(-c2nnc(C3CN(C(=O)c4cc(C)nn4C)CC34CCOCC4)o2)cc1. The van der Waals surface area contributed by atoms with Crippen LogP contribution in [0.2, 0.25) is 0 Å². The van der Waals surface area contributed by atoms with Crippen molar-refractivity contribution < 1.29 is 13.9 Å². The molecule has 2 aliphatic rings. The third kappa shape index (κ3) is 3.54. The van der Waals surface area contributed by atoms with E-state index >= 15 is 0 Å². The molecule has 8 nitrogen and oxygen atoms in total. The van der Waals surface area contributed by atoms with E-state index in [1.54, 1.807) is 4.68 Å². The number of nitrogens with zero attached hydrogens (tertiary/aromatic N) is 5. The molecular weight excluding hydrogens is 394 g/mol. The summed E-state index contributed by atoms with van der Waals surface area (Å²) in [5.41, 5.74) is 3.41. The van der Waals surface area contributed by atoms with Crippen molar-refractivity contribution in [3.05, 3.63) is 53.2 Å². The second-order valence-electron chi connectivity index (χ2n) is 8.82. The van der Waals surface area contributed by atoms with E-state index in [0.717, 1.165) is 24.1 Å². The molecule has 5 rings (SSSR count). The maximum atomic E-state index is 13.3. The van der Waals surface area contributed by atoms with Gasteiger partial charge in [0.15, 0.2) is 0 Å². The normalized spacial score (nSPS) is 20.5. The summed E-state index contributed by atoms with van der Waals surface area (Å²) in [6.07, 6.45) is 1.74. The number of rotatable bonds is 3. The first kappa shape index (κ1) is 19.9. The predicted octanol–water partition coefficient (Wildman–Crippen LogP) is 3.12. The number of aromatic nitrogens is 4.